The Morgan fingerprint density at radius 3 is 2.63 bits per heavy atom. The van der Waals surface area contributed by atoms with Crippen molar-refractivity contribution in [2.45, 2.75) is 6.42 Å². The first-order chi connectivity index (χ1) is 9.16. The number of hydrogen-bond acceptors (Lipinski definition) is 2. The average molecular weight is 266 g/mol. The van der Waals surface area contributed by atoms with E-state index in [9.17, 15) is 13.6 Å². The topological polar surface area (TPSA) is 32.3 Å². The van der Waals surface area contributed by atoms with E-state index in [0.717, 1.165) is 31.6 Å². The molecule has 1 N–H and O–H groups in total. The molecule has 0 aromatic heterocycles. The van der Waals surface area contributed by atoms with Gasteiger partial charge in [0, 0.05) is 13.1 Å². The maximum Gasteiger partial charge on any atom is 0.259 e. The second kappa shape index (κ2) is 4.89. The summed E-state index contributed by atoms with van der Waals surface area (Å²) in [5.41, 5.74) is -0.424. The van der Waals surface area contributed by atoms with Crippen molar-refractivity contribution in [1.29, 1.82) is 0 Å². The summed E-state index contributed by atoms with van der Waals surface area (Å²) in [6.45, 7) is 3.04. The van der Waals surface area contributed by atoms with Crippen LogP contribution in [0.15, 0.2) is 18.2 Å². The molecule has 3 nitrogen and oxygen atoms in total. The zero-order chi connectivity index (χ0) is 13.4. The number of nitrogens with zero attached hydrogens (tertiary/aromatic N) is 1. The molecule has 19 heavy (non-hydrogen) atoms. The minimum atomic E-state index is -0.781. The molecule has 2 atom stereocenters. The van der Waals surface area contributed by atoms with Crippen LogP contribution in [0.2, 0.25) is 0 Å². The first-order valence-corrected chi connectivity index (χ1v) is 6.61. The predicted octanol–water partition coefficient (Wildman–Crippen LogP) is 1.65. The fourth-order valence-electron chi connectivity index (χ4n) is 3.08. The van der Waals surface area contributed by atoms with Crippen LogP contribution in [0.1, 0.15) is 16.8 Å². The quantitative estimate of drug-likeness (QED) is 0.838. The fourth-order valence-corrected chi connectivity index (χ4v) is 3.08. The van der Waals surface area contributed by atoms with Crippen molar-refractivity contribution in [3.8, 4) is 0 Å². The van der Waals surface area contributed by atoms with Crippen LogP contribution >= 0.6 is 0 Å². The lowest BCUT2D eigenvalue weighted by atomic mass is 9.88. The monoisotopic (exact) mass is 266 g/mol. The lowest BCUT2D eigenvalue weighted by Gasteiger charge is -2.34. The van der Waals surface area contributed by atoms with Crippen molar-refractivity contribution < 1.29 is 13.6 Å². The summed E-state index contributed by atoms with van der Waals surface area (Å²) in [6.07, 6.45) is 0.902. The number of carbonyl (C=O) groups is 1. The summed E-state index contributed by atoms with van der Waals surface area (Å²) in [5, 5.41) is 3.30. The number of benzene rings is 1. The van der Waals surface area contributed by atoms with Gasteiger partial charge in [0.25, 0.3) is 5.91 Å². The summed E-state index contributed by atoms with van der Waals surface area (Å²) in [4.78, 5) is 13.8. The highest BCUT2D eigenvalue weighted by molar-refractivity contribution is 5.94. The number of likely N-dealkylation sites (tertiary alicyclic amines) is 1. The number of hydrogen-bond donors (Lipinski definition) is 1. The van der Waals surface area contributed by atoms with Crippen molar-refractivity contribution >= 4 is 5.91 Å². The van der Waals surface area contributed by atoms with Crippen LogP contribution in [0.3, 0.4) is 0 Å². The van der Waals surface area contributed by atoms with E-state index in [4.69, 9.17) is 0 Å². The third-order valence-electron chi connectivity index (χ3n) is 4.17. The van der Waals surface area contributed by atoms with Gasteiger partial charge in [0.15, 0.2) is 0 Å². The number of halogens is 2. The smallest absolute Gasteiger partial charge is 0.259 e. The Bertz CT molecular complexity index is 486. The molecule has 2 aliphatic rings. The average Bonchev–Trinajstić information content (AvgIpc) is 2.85. The Morgan fingerprint density at radius 1 is 1.21 bits per heavy atom. The molecular formula is C14H16F2N2O. The van der Waals surface area contributed by atoms with E-state index in [2.05, 4.69) is 5.32 Å². The highest BCUT2D eigenvalue weighted by atomic mass is 19.1. The third kappa shape index (κ3) is 2.23. The molecule has 0 spiro atoms. The molecule has 1 aromatic carbocycles. The molecule has 102 valence electrons. The molecule has 2 aliphatic heterocycles. The van der Waals surface area contributed by atoms with E-state index < -0.39 is 23.1 Å². The molecule has 1 amide bonds. The van der Waals surface area contributed by atoms with E-state index in [1.165, 1.54) is 6.07 Å². The summed E-state index contributed by atoms with van der Waals surface area (Å²) in [6, 6.07) is 3.52. The molecule has 3 rings (SSSR count). The van der Waals surface area contributed by atoms with E-state index in [1.807, 2.05) is 0 Å². The molecule has 0 bridgehead atoms. The molecule has 2 unspecified atom stereocenters. The molecule has 0 aliphatic carbocycles. The number of carbonyl (C=O) groups excluding carboxylic acids is 1. The van der Waals surface area contributed by atoms with Crippen molar-refractivity contribution in [1.82, 2.24) is 10.2 Å². The van der Waals surface area contributed by atoms with Gasteiger partial charge in [-0.05, 0) is 43.5 Å². The van der Waals surface area contributed by atoms with Gasteiger partial charge in [-0.3, -0.25) is 4.79 Å². The zero-order valence-corrected chi connectivity index (χ0v) is 10.5. The number of amides is 1. The number of nitrogens with one attached hydrogen (secondary N) is 1. The molecule has 2 saturated heterocycles. The predicted molar refractivity (Wildman–Crippen MR) is 66.7 cm³/mol. The van der Waals surface area contributed by atoms with Gasteiger partial charge in [-0.2, -0.15) is 0 Å². The van der Waals surface area contributed by atoms with Crippen LogP contribution < -0.4 is 5.32 Å². The Labute approximate surface area is 110 Å². The van der Waals surface area contributed by atoms with Gasteiger partial charge < -0.3 is 10.2 Å². The summed E-state index contributed by atoms with van der Waals surface area (Å²) in [5.74, 6) is -1.09. The maximum atomic E-state index is 13.6. The molecule has 2 fully saturated rings. The second-order valence-electron chi connectivity index (χ2n) is 5.31. The highest BCUT2D eigenvalue weighted by Gasteiger charge is 2.35. The Balaban J connectivity index is 1.81. The Morgan fingerprint density at radius 2 is 1.89 bits per heavy atom. The van der Waals surface area contributed by atoms with Crippen LogP contribution in [0.25, 0.3) is 0 Å². The lowest BCUT2D eigenvalue weighted by molar-refractivity contribution is 0.0632. The van der Waals surface area contributed by atoms with Crippen LogP contribution in [0, 0.1) is 23.5 Å². The minimum absolute atomic E-state index is 0.410. The molecule has 0 saturated carbocycles. The minimum Gasteiger partial charge on any atom is -0.338 e. The normalized spacial score (nSPS) is 26.3. The first kappa shape index (κ1) is 12.5. The first-order valence-electron chi connectivity index (χ1n) is 6.61. The molecule has 0 radical (unpaired) electrons. The Kier molecular flexibility index (Phi) is 3.22. The van der Waals surface area contributed by atoms with E-state index in [1.54, 1.807) is 4.90 Å². The van der Waals surface area contributed by atoms with Crippen molar-refractivity contribution in [3.05, 3.63) is 35.4 Å². The van der Waals surface area contributed by atoms with Gasteiger partial charge >= 0.3 is 0 Å². The van der Waals surface area contributed by atoms with Gasteiger partial charge in [0.2, 0.25) is 0 Å². The zero-order valence-electron chi connectivity index (χ0n) is 10.5. The van der Waals surface area contributed by atoms with Crippen molar-refractivity contribution in [2.75, 3.05) is 26.2 Å². The summed E-state index contributed by atoms with van der Waals surface area (Å²) >= 11 is 0. The van der Waals surface area contributed by atoms with Crippen LogP contribution in [-0.2, 0) is 0 Å². The Hall–Kier alpha value is -1.49. The largest absolute Gasteiger partial charge is 0.338 e. The molecular weight excluding hydrogens is 250 g/mol. The lowest BCUT2D eigenvalue weighted by Crippen LogP contribution is -2.44. The third-order valence-corrected chi connectivity index (χ3v) is 4.17. The molecule has 2 heterocycles. The van der Waals surface area contributed by atoms with Crippen LogP contribution in [-0.4, -0.2) is 37.0 Å². The SMILES string of the molecule is O=C(c1c(F)cccc1F)N1CCC2CNCC2C1. The highest BCUT2D eigenvalue weighted by Crippen LogP contribution is 2.28. The molecule has 1 aromatic rings. The van der Waals surface area contributed by atoms with Crippen molar-refractivity contribution in [2.24, 2.45) is 11.8 Å². The van der Waals surface area contributed by atoms with Crippen LogP contribution in [0.5, 0.6) is 0 Å². The second-order valence-corrected chi connectivity index (χ2v) is 5.31. The van der Waals surface area contributed by atoms with Gasteiger partial charge in [-0.25, -0.2) is 8.78 Å². The van der Waals surface area contributed by atoms with E-state index in [0.29, 0.717) is 24.9 Å². The van der Waals surface area contributed by atoms with E-state index >= 15 is 0 Å². The van der Waals surface area contributed by atoms with Crippen LogP contribution in [0.4, 0.5) is 8.78 Å². The number of piperidine rings is 1. The summed E-state index contributed by atoms with van der Waals surface area (Å²) in [7, 11) is 0. The maximum absolute atomic E-state index is 13.6. The van der Waals surface area contributed by atoms with Gasteiger partial charge in [0.1, 0.15) is 17.2 Å². The van der Waals surface area contributed by atoms with Gasteiger partial charge in [-0.15, -0.1) is 0 Å². The molecule has 5 heteroatoms. The van der Waals surface area contributed by atoms with E-state index in [-0.39, 0.29) is 0 Å². The van der Waals surface area contributed by atoms with Gasteiger partial charge in [0.05, 0.1) is 0 Å². The standard InChI is InChI=1S/C14H16F2N2O/c15-11-2-1-3-12(16)13(11)14(19)18-5-4-9-6-17-7-10(9)8-18/h1-3,9-10,17H,4-8H2. The number of rotatable bonds is 1. The number of fused-ring (bicyclic) bond motifs is 1. The van der Waals surface area contributed by atoms with Crippen molar-refractivity contribution in [3.63, 3.8) is 0 Å². The fraction of sp³-hybridized carbons (Fsp3) is 0.500. The van der Waals surface area contributed by atoms with Gasteiger partial charge in [-0.1, -0.05) is 6.07 Å². The summed E-state index contributed by atoms with van der Waals surface area (Å²) < 4.78 is 27.2.